The van der Waals surface area contributed by atoms with Crippen molar-refractivity contribution in [1.29, 1.82) is 0 Å². The Labute approximate surface area is 179 Å². The third-order valence-corrected chi connectivity index (χ3v) is 5.79. The lowest BCUT2D eigenvalue weighted by Crippen LogP contribution is -2.50. The van der Waals surface area contributed by atoms with Gasteiger partial charge in [-0.15, -0.1) is 0 Å². The summed E-state index contributed by atoms with van der Waals surface area (Å²) in [6.07, 6.45) is 1.99. The van der Waals surface area contributed by atoms with Crippen molar-refractivity contribution in [2.24, 2.45) is 0 Å². The average Bonchev–Trinajstić information content (AvgIpc) is 3.32. The van der Waals surface area contributed by atoms with E-state index in [4.69, 9.17) is 0 Å². The topological polar surface area (TPSA) is 87.0 Å². The van der Waals surface area contributed by atoms with Gasteiger partial charge in [-0.1, -0.05) is 6.07 Å². The average molecular weight is 426 g/mol. The lowest BCUT2D eigenvalue weighted by molar-refractivity contribution is -0.384. The molecule has 2 aliphatic rings. The summed E-state index contributed by atoms with van der Waals surface area (Å²) in [4.78, 5) is 41.8. The van der Waals surface area contributed by atoms with E-state index in [0.29, 0.717) is 31.9 Å². The van der Waals surface area contributed by atoms with Crippen LogP contribution in [0, 0.1) is 15.9 Å². The van der Waals surface area contributed by atoms with Crippen LogP contribution in [-0.4, -0.2) is 65.8 Å². The molecule has 9 heteroatoms. The molecule has 0 unspecified atom stereocenters. The molecule has 8 nitrogen and oxygen atoms in total. The molecule has 0 atom stereocenters. The number of benzene rings is 2. The van der Waals surface area contributed by atoms with E-state index < -0.39 is 10.7 Å². The highest BCUT2D eigenvalue weighted by atomic mass is 19.1. The van der Waals surface area contributed by atoms with Gasteiger partial charge >= 0.3 is 0 Å². The van der Waals surface area contributed by atoms with Crippen LogP contribution in [-0.2, 0) is 0 Å². The second-order valence-corrected chi connectivity index (χ2v) is 7.75. The molecule has 2 heterocycles. The van der Waals surface area contributed by atoms with E-state index >= 15 is 0 Å². The first-order chi connectivity index (χ1) is 14.9. The molecule has 31 heavy (non-hydrogen) atoms. The Morgan fingerprint density at radius 3 is 1.97 bits per heavy atom. The molecule has 0 N–H and O–H groups in total. The smallest absolute Gasteiger partial charge is 0.293 e. The summed E-state index contributed by atoms with van der Waals surface area (Å²) in [7, 11) is 0. The minimum absolute atomic E-state index is 0.0623. The predicted molar refractivity (Wildman–Crippen MR) is 113 cm³/mol. The Hall–Kier alpha value is -3.49. The van der Waals surface area contributed by atoms with Crippen molar-refractivity contribution in [3.05, 3.63) is 69.5 Å². The summed E-state index contributed by atoms with van der Waals surface area (Å²) >= 11 is 0. The van der Waals surface area contributed by atoms with Crippen LogP contribution in [0.25, 0.3) is 0 Å². The molecule has 2 fully saturated rings. The number of hydrogen-bond acceptors (Lipinski definition) is 5. The number of anilines is 1. The highest BCUT2D eigenvalue weighted by Gasteiger charge is 2.28. The van der Waals surface area contributed by atoms with E-state index in [-0.39, 0.29) is 28.6 Å². The molecule has 0 bridgehead atoms. The van der Waals surface area contributed by atoms with Crippen LogP contribution in [0.3, 0.4) is 0 Å². The number of amides is 2. The van der Waals surface area contributed by atoms with Gasteiger partial charge in [-0.3, -0.25) is 19.7 Å². The maximum Gasteiger partial charge on any atom is 0.293 e. The van der Waals surface area contributed by atoms with Gasteiger partial charge < -0.3 is 14.7 Å². The number of nitrogens with zero attached hydrogens (tertiary/aromatic N) is 4. The molecule has 4 rings (SSSR count). The number of nitro benzene ring substituents is 1. The Morgan fingerprint density at radius 2 is 1.42 bits per heavy atom. The summed E-state index contributed by atoms with van der Waals surface area (Å²) < 4.78 is 13.4. The Kier molecular flexibility index (Phi) is 5.83. The van der Waals surface area contributed by atoms with E-state index in [1.165, 1.54) is 24.3 Å². The van der Waals surface area contributed by atoms with E-state index in [1.54, 1.807) is 28.0 Å². The van der Waals surface area contributed by atoms with Gasteiger partial charge in [-0.2, -0.15) is 0 Å². The fraction of sp³-hybridized carbons (Fsp3) is 0.364. The molecule has 2 aromatic rings. The van der Waals surface area contributed by atoms with E-state index in [9.17, 15) is 24.1 Å². The monoisotopic (exact) mass is 426 g/mol. The third-order valence-electron chi connectivity index (χ3n) is 5.79. The molecule has 2 aromatic carbocycles. The highest BCUT2D eigenvalue weighted by molar-refractivity contribution is 5.97. The Morgan fingerprint density at radius 1 is 0.839 bits per heavy atom. The second-order valence-electron chi connectivity index (χ2n) is 7.75. The van der Waals surface area contributed by atoms with E-state index in [2.05, 4.69) is 0 Å². The van der Waals surface area contributed by atoms with Gasteiger partial charge in [-0.05, 0) is 43.2 Å². The number of hydrogen-bond donors (Lipinski definition) is 0. The quantitative estimate of drug-likeness (QED) is 0.554. The van der Waals surface area contributed by atoms with Crippen molar-refractivity contribution < 1.29 is 18.9 Å². The number of rotatable bonds is 4. The van der Waals surface area contributed by atoms with Gasteiger partial charge in [0.1, 0.15) is 11.5 Å². The molecule has 0 saturated carbocycles. The van der Waals surface area contributed by atoms with Crippen LogP contribution in [0.1, 0.15) is 33.6 Å². The first kappa shape index (κ1) is 20.8. The van der Waals surface area contributed by atoms with Gasteiger partial charge in [0.15, 0.2) is 0 Å². The lowest BCUT2D eigenvalue weighted by atomic mass is 10.1. The van der Waals surface area contributed by atoms with Crippen molar-refractivity contribution in [3.63, 3.8) is 0 Å². The largest absolute Gasteiger partial charge is 0.366 e. The van der Waals surface area contributed by atoms with Crippen molar-refractivity contribution in [2.75, 3.05) is 44.2 Å². The minimum Gasteiger partial charge on any atom is -0.366 e. The van der Waals surface area contributed by atoms with Crippen LogP contribution < -0.4 is 4.90 Å². The summed E-state index contributed by atoms with van der Waals surface area (Å²) in [6, 6.07) is 10.2. The molecular formula is C22H23FN4O4. The number of carbonyl (C=O) groups is 2. The summed E-state index contributed by atoms with van der Waals surface area (Å²) in [5.74, 6) is -1.05. The van der Waals surface area contributed by atoms with Crippen LogP contribution in [0.2, 0.25) is 0 Å². The number of piperazine rings is 1. The standard InChI is InChI=1S/C22H23FN4O4/c23-18-5-3-4-16(14-18)21(28)25-10-12-26(13-11-25)22(29)17-6-7-19(20(15-17)27(30)31)24-8-1-2-9-24/h3-7,14-15H,1-2,8-13H2. The predicted octanol–water partition coefficient (Wildman–Crippen LogP) is 2.93. The van der Waals surface area contributed by atoms with Gasteiger partial charge in [0, 0.05) is 56.5 Å². The molecule has 0 radical (unpaired) electrons. The zero-order valence-corrected chi connectivity index (χ0v) is 17.0. The normalized spacial score (nSPS) is 16.5. The Bertz CT molecular complexity index is 1010. The van der Waals surface area contributed by atoms with Crippen molar-refractivity contribution in [2.45, 2.75) is 12.8 Å². The summed E-state index contributed by atoms with van der Waals surface area (Å²) in [6.45, 7) is 2.79. The van der Waals surface area contributed by atoms with Crippen LogP contribution in [0.4, 0.5) is 15.8 Å². The molecule has 2 amide bonds. The minimum atomic E-state index is -0.473. The van der Waals surface area contributed by atoms with Gasteiger partial charge in [0.05, 0.1) is 4.92 Å². The van der Waals surface area contributed by atoms with Crippen molar-refractivity contribution >= 4 is 23.2 Å². The molecule has 2 saturated heterocycles. The fourth-order valence-electron chi connectivity index (χ4n) is 4.13. The third kappa shape index (κ3) is 4.35. The fourth-order valence-corrected chi connectivity index (χ4v) is 4.13. The van der Waals surface area contributed by atoms with Gasteiger partial charge in [0.25, 0.3) is 17.5 Å². The number of nitro groups is 1. The van der Waals surface area contributed by atoms with Crippen molar-refractivity contribution in [3.8, 4) is 0 Å². The van der Waals surface area contributed by atoms with E-state index in [0.717, 1.165) is 25.9 Å². The van der Waals surface area contributed by atoms with Crippen molar-refractivity contribution in [1.82, 2.24) is 9.80 Å². The first-order valence-corrected chi connectivity index (χ1v) is 10.3. The maximum absolute atomic E-state index is 13.4. The highest BCUT2D eigenvalue weighted by Crippen LogP contribution is 2.32. The molecule has 2 aliphatic heterocycles. The van der Waals surface area contributed by atoms with Crippen LogP contribution in [0.5, 0.6) is 0 Å². The summed E-state index contributed by atoms with van der Waals surface area (Å²) in [5, 5.41) is 11.6. The van der Waals surface area contributed by atoms with E-state index in [1.807, 2.05) is 4.90 Å². The second kappa shape index (κ2) is 8.71. The molecule has 162 valence electrons. The number of carbonyl (C=O) groups excluding carboxylic acids is 2. The van der Waals surface area contributed by atoms with Gasteiger partial charge in [0.2, 0.25) is 0 Å². The lowest BCUT2D eigenvalue weighted by Gasteiger charge is -2.35. The van der Waals surface area contributed by atoms with Gasteiger partial charge in [-0.25, -0.2) is 4.39 Å². The zero-order chi connectivity index (χ0) is 22.0. The Balaban J connectivity index is 1.44. The maximum atomic E-state index is 13.4. The number of halogens is 1. The van der Waals surface area contributed by atoms with Crippen LogP contribution in [0.15, 0.2) is 42.5 Å². The zero-order valence-electron chi connectivity index (χ0n) is 17.0. The SMILES string of the molecule is O=C(c1cccc(F)c1)N1CCN(C(=O)c2ccc(N3CCCC3)c([N+](=O)[O-])c2)CC1. The molecule has 0 aliphatic carbocycles. The van der Waals surface area contributed by atoms with Crippen LogP contribution >= 0.6 is 0 Å². The molecule has 0 spiro atoms. The molecule has 0 aromatic heterocycles. The summed E-state index contributed by atoms with van der Waals surface area (Å²) in [5.41, 5.74) is 1.02. The molecular weight excluding hydrogens is 403 g/mol. The first-order valence-electron chi connectivity index (χ1n) is 10.3.